The van der Waals surface area contributed by atoms with Gasteiger partial charge in [0.2, 0.25) is 0 Å². The van der Waals surface area contributed by atoms with Crippen molar-refractivity contribution in [3.63, 3.8) is 0 Å². The van der Waals surface area contributed by atoms with Gasteiger partial charge in [-0.25, -0.2) is 0 Å². The van der Waals surface area contributed by atoms with Crippen LogP contribution in [0.5, 0.6) is 11.5 Å². The average molecular weight is 320 g/mol. The standard InChI is InChI=1S/C18H22ClNO2/c1-4-16(14-6-8-15(19)9-7-14)20-12-13-5-10-17(21-2)18(11-13)22-3/h5-11,16,20H,4,12H2,1-3H3. The van der Waals surface area contributed by atoms with Gasteiger partial charge in [-0.1, -0.05) is 36.7 Å². The van der Waals surface area contributed by atoms with Crippen molar-refractivity contribution in [1.82, 2.24) is 5.32 Å². The summed E-state index contributed by atoms with van der Waals surface area (Å²) in [5, 5.41) is 4.33. The zero-order valence-corrected chi connectivity index (χ0v) is 14.0. The van der Waals surface area contributed by atoms with Gasteiger partial charge in [0.1, 0.15) is 0 Å². The van der Waals surface area contributed by atoms with Crippen LogP contribution < -0.4 is 14.8 Å². The maximum Gasteiger partial charge on any atom is 0.161 e. The van der Waals surface area contributed by atoms with Crippen LogP contribution >= 0.6 is 11.6 Å². The molecule has 0 aromatic heterocycles. The van der Waals surface area contributed by atoms with E-state index < -0.39 is 0 Å². The second-order valence-corrected chi connectivity index (χ2v) is 5.52. The minimum absolute atomic E-state index is 0.297. The zero-order chi connectivity index (χ0) is 15.9. The van der Waals surface area contributed by atoms with Crippen LogP contribution in [0.25, 0.3) is 0 Å². The fourth-order valence-electron chi connectivity index (χ4n) is 2.42. The Balaban J connectivity index is 2.05. The minimum atomic E-state index is 0.297. The van der Waals surface area contributed by atoms with Crippen LogP contribution in [0.4, 0.5) is 0 Å². The van der Waals surface area contributed by atoms with Crippen molar-refractivity contribution in [2.24, 2.45) is 0 Å². The molecule has 0 heterocycles. The molecule has 2 rings (SSSR count). The molecule has 0 amide bonds. The van der Waals surface area contributed by atoms with Crippen molar-refractivity contribution in [1.29, 1.82) is 0 Å². The summed E-state index contributed by atoms with van der Waals surface area (Å²) in [6.07, 6.45) is 1.01. The van der Waals surface area contributed by atoms with Crippen LogP contribution in [0.15, 0.2) is 42.5 Å². The Morgan fingerprint density at radius 1 is 1.00 bits per heavy atom. The molecule has 2 aromatic rings. The van der Waals surface area contributed by atoms with Crippen LogP contribution in [-0.4, -0.2) is 14.2 Å². The first-order valence-corrected chi connectivity index (χ1v) is 7.75. The summed E-state index contributed by atoms with van der Waals surface area (Å²) in [6, 6.07) is 14.3. The average Bonchev–Trinajstić information content (AvgIpc) is 2.56. The highest BCUT2D eigenvalue weighted by atomic mass is 35.5. The van der Waals surface area contributed by atoms with E-state index >= 15 is 0 Å². The molecule has 0 spiro atoms. The molecule has 118 valence electrons. The highest BCUT2D eigenvalue weighted by Crippen LogP contribution is 2.28. The molecule has 0 aliphatic rings. The van der Waals surface area contributed by atoms with Crippen molar-refractivity contribution >= 4 is 11.6 Å². The number of methoxy groups -OCH3 is 2. The first kappa shape index (κ1) is 16.7. The first-order valence-electron chi connectivity index (χ1n) is 7.37. The fraction of sp³-hybridized carbons (Fsp3) is 0.333. The molecule has 0 radical (unpaired) electrons. The van der Waals surface area contributed by atoms with Gasteiger partial charge in [-0.3, -0.25) is 0 Å². The SMILES string of the molecule is CCC(NCc1ccc(OC)c(OC)c1)c1ccc(Cl)cc1. The minimum Gasteiger partial charge on any atom is -0.493 e. The largest absolute Gasteiger partial charge is 0.493 e. The molecule has 0 aliphatic heterocycles. The number of ether oxygens (including phenoxy) is 2. The van der Waals surface area contributed by atoms with E-state index in [1.807, 2.05) is 30.3 Å². The molecule has 1 unspecified atom stereocenters. The summed E-state index contributed by atoms with van der Waals surface area (Å²) in [6.45, 7) is 2.93. The van der Waals surface area contributed by atoms with E-state index in [2.05, 4.69) is 24.4 Å². The van der Waals surface area contributed by atoms with E-state index in [-0.39, 0.29) is 0 Å². The lowest BCUT2D eigenvalue weighted by Gasteiger charge is -2.18. The summed E-state index contributed by atoms with van der Waals surface area (Å²) in [5.41, 5.74) is 2.40. The molecule has 1 atom stereocenters. The van der Waals surface area contributed by atoms with Gasteiger partial charge in [-0.05, 0) is 41.8 Å². The molecule has 4 heteroatoms. The maximum absolute atomic E-state index is 5.95. The van der Waals surface area contributed by atoms with Gasteiger partial charge >= 0.3 is 0 Å². The Bertz CT molecular complexity index is 599. The normalized spacial score (nSPS) is 12.0. The summed E-state index contributed by atoms with van der Waals surface area (Å²) < 4.78 is 10.6. The fourth-order valence-corrected chi connectivity index (χ4v) is 2.55. The number of nitrogens with one attached hydrogen (secondary N) is 1. The van der Waals surface area contributed by atoms with Crippen molar-refractivity contribution in [3.8, 4) is 11.5 Å². The molecule has 2 aromatic carbocycles. The Morgan fingerprint density at radius 2 is 1.68 bits per heavy atom. The van der Waals surface area contributed by atoms with E-state index in [1.165, 1.54) is 5.56 Å². The highest BCUT2D eigenvalue weighted by Gasteiger charge is 2.10. The third-order valence-electron chi connectivity index (χ3n) is 3.68. The lowest BCUT2D eigenvalue weighted by Crippen LogP contribution is -2.20. The molecular weight excluding hydrogens is 298 g/mol. The Hall–Kier alpha value is -1.71. The molecule has 0 saturated heterocycles. The Labute approximate surface area is 137 Å². The summed E-state index contributed by atoms with van der Waals surface area (Å²) in [5.74, 6) is 1.50. The lowest BCUT2D eigenvalue weighted by atomic mass is 10.0. The van der Waals surface area contributed by atoms with E-state index in [4.69, 9.17) is 21.1 Å². The molecule has 1 N–H and O–H groups in total. The molecule has 3 nitrogen and oxygen atoms in total. The van der Waals surface area contributed by atoms with Gasteiger partial charge in [0, 0.05) is 17.6 Å². The van der Waals surface area contributed by atoms with E-state index in [0.29, 0.717) is 6.04 Å². The molecule has 0 fully saturated rings. The highest BCUT2D eigenvalue weighted by molar-refractivity contribution is 6.30. The van der Waals surface area contributed by atoms with Crippen LogP contribution in [0.1, 0.15) is 30.5 Å². The summed E-state index contributed by atoms with van der Waals surface area (Å²) in [7, 11) is 3.29. The number of rotatable bonds is 7. The predicted molar refractivity (Wildman–Crippen MR) is 90.9 cm³/mol. The lowest BCUT2D eigenvalue weighted by molar-refractivity contribution is 0.354. The van der Waals surface area contributed by atoms with Gasteiger partial charge in [0.25, 0.3) is 0 Å². The molecular formula is C18H22ClNO2. The van der Waals surface area contributed by atoms with Gasteiger partial charge in [0.05, 0.1) is 14.2 Å². The van der Waals surface area contributed by atoms with E-state index in [0.717, 1.165) is 35.1 Å². The number of hydrogen-bond donors (Lipinski definition) is 1. The van der Waals surface area contributed by atoms with E-state index in [1.54, 1.807) is 14.2 Å². The molecule has 22 heavy (non-hydrogen) atoms. The van der Waals surface area contributed by atoms with Gasteiger partial charge < -0.3 is 14.8 Å². The van der Waals surface area contributed by atoms with E-state index in [9.17, 15) is 0 Å². The molecule has 0 aliphatic carbocycles. The second-order valence-electron chi connectivity index (χ2n) is 5.08. The maximum atomic E-state index is 5.95. The Kier molecular flexibility index (Phi) is 6.10. The van der Waals surface area contributed by atoms with Crippen LogP contribution in [0.2, 0.25) is 5.02 Å². The van der Waals surface area contributed by atoms with Gasteiger partial charge in [-0.15, -0.1) is 0 Å². The third kappa shape index (κ3) is 4.15. The second kappa shape index (κ2) is 8.06. The Morgan fingerprint density at radius 3 is 2.27 bits per heavy atom. The summed E-state index contributed by atoms with van der Waals surface area (Å²) in [4.78, 5) is 0. The zero-order valence-electron chi connectivity index (χ0n) is 13.2. The number of benzene rings is 2. The smallest absolute Gasteiger partial charge is 0.161 e. The third-order valence-corrected chi connectivity index (χ3v) is 3.93. The topological polar surface area (TPSA) is 30.5 Å². The van der Waals surface area contributed by atoms with Crippen molar-refractivity contribution in [3.05, 3.63) is 58.6 Å². The van der Waals surface area contributed by atoms with Gasteiger partial charge in [0.15, 0.2) is 11.5 Å². The quantitative estimate of drug-likeness (QED) is 0.809. The number of hydrogen-bond acceptors (Lipinski definition) is 3. The van der Waals surface area contributed by atoms with Crippen LogP contribution in [0.3, 0.4) is 0 Å². The van der Waals surface area contributed by atoms with Crippen molar-refractivity contribution in [2.45, 2.75) is 25.9 Å². The predicted octanol–water partition coefficient (Wildman–Crippen LogP) is 4.60. The van der Waals surface area contributed by atoms with Crippen molar-refractivity contribution < 1.29 is 9.47 Å². The van der Waals surface area contributed by atoms with Gasteiger partial charge in [-0.2, -0.15) is 0 Å². The van der Waals surface area contributed by atoms with Crippen LogP contribution in [0, 0.1) is 0 Å². The van der Waals surface area contributed by atoms with Crippen LogP contribution in [-0.2, 0) is 6.54 Å². The van der Waals surface area contributed by atoms with Crippen molar-refractivity contribution in [2.75, 3.05) is 14.2 Å². The molecule has 0 bridgehead atoms. The number of halogens is 1. The monoisotopic (exact) mass is 319 g/mol. The molecule has 0 saturated carbocycles. The summed E-state index contributed by atoms with van der Waals surface area (Å²) >= 11 is 5.95. The first-order chi connectivity index (χ1) is 10.7.